The molecule has 0 spiro atoms. The molecule has 0 saturated heterocycles. The fourth-order valence-electron chi connectivity index (χ4n) is 3.41. The number of methoxy groups -OCH3 is 1. The number of carbonyl (C=O) groups is 1. The van der Waals surface area contributed by atoms with Crippen molar-refractivity contribution in [2.24, 2.45) is 0 Å². The number of rotatable bonds is 5. The Morgan fingerprint density at radius 2 is 2.25 bits per heavy atom. The van der Waals surface area contributed by atoms with E-state index >= 15 is 0 Å². The maximum atomic E-state index is 11.5. The van der Waals surface area contributed by atoms with E-state index in [1.807, 2.05) is 6.92 Å². The monoisotopic (exact) mass is 335 g/mol. The first-order valence-electron chi connectivity index (χ1n) is 8.01. The summed E-state index contributed by atoms with van der Waals surface area (Å²) in [5.41, 5.74) is 1.03. The van der Waals surface area contributed by atoms with Crippen molar-refractivity contribution in [3.05, 3.63) is 39.4 Å². The lowest BCUT2D eigenvalue weighted by Crippen LogP contribution is -2.42. The number of Topliss-reactive ketones (excluding diaryl/α,β-unsaturated/α-hetero) is 1. The van der Waals surface area contributed by atoms with Gasteiger partial charge in [-0.1, -0.05) is 6.07 Å². The van der Waals surface area contributed by atoms with Gasteiger partial charge in [0.25, 0.3) is 5.69 Å². The van der Waals surface area contributed by atoms with Crippen LogP contribution in [0.15, 0.2) is 18.2 Å². The third kappa shape index (κ3) is 3.48. The highest BCUT2D eigenvalue weighted by molar-refractivity contribution is 5.81. The van der Waals surface area contributed by atoms with Gasteiger partial charge in [0.05, 0.1) is 23.2 Å². The van der Waals surface area contributed by atoms with Gasteiger partial charge in [-0.2, -0.15) is 0 Å². The molecule has 0 amide bonds. The fourth-order valence-corrected chi connectivity index (χ4v) is 3.41. The normalized spacial score (nSPS) is 29.5. The summed E-state index contributed by atoms with van der Waals surface area (Å²) in [5.74, 6) is 0.176. The van der Waals surface area contributed by atoms with Crippen LogP contribution in [-0.4, -0.2) is 36.1 Å². The molecule has 1 aromatic carbocycles. The lowest BCUT2D eigenvalue weighted by atomic mass is 9.89. The third-order valence-corrected chi connectivity index (χ3v) is 4.52. The van der Waals surface area contributed by atoms with E-state index in [9.17, 15) is 14.9 Å². The Labute approximate surface area is 140 Å². The molecule has 130 valence electrons. The second-order valence-electron chi connectivity index (χ2n) is 6.69. The molecule has 7 nitrogen and oxygen atoms in total. The number of nitrogens with zero attached hydrogens (tertiary/aromatic N) is 1. The molecular weight excluding hydrogens is 314 g/mol. The van der Waals surface area contributed by atoms with E-state index in [1.165, 1.54) is 12.1 Å². The number of ketones is 1. The summed E-state index contributed by atoms with van der Waals surface area (Å²) in [7, 11) is 1.60. The summed E-state index contributed by atoms with van der Waals surface area (Å²) in [5, 5.41) is 11.1. The molecule has 1 heterocycles. The number of benzene rings is 1. The van der Waals surface area contributed by atoms with Gasteiger partial charge in [-0.15, -0.1) is 0 Å². The van der Waals surface area contributed by atoms with Crippen LogP contribution in [0.1, 0.15) is 43.6 Å². The minimum absolute atomic E-state index is 0.00351. The molecule has 1 fully saturated rings. The summed E-state index contributed by atoms with van der Waals surface area (Å²) in [6, 6.07) is 4.75. The molecule has 1 aliphatic heterocycles. The van der Waals surface area contributed by atoms with Crippen LogP contribution in [0, 0.1) is 10.1 Å². The van der Waals surface area contributed by atoms with Crippen LogP contribution in [0.25, 0.3) is 0 Å². The highest BCUT2D eigenvalue weighted by atomic mass is 16.7. The SMILES string of the molecule is COCC1(C)Cc2ccc([N+](=O)[O-])cc2C(OC2CCC(=O)C2)O1. The number of fused-ring (bicyclic) bond motifs is 1. The average molecular weight is 335 g/mol. The van der Waals surface area contributed by atoms with Crippen molar-refractivity contribution < 1.29 is 23.9 Å². The average Bonchev–Trinajstić information content (AvgIpc) is 2.91. The Kier molecular flexibility index (Phi) is 4.67. The Bertz CT molecular complexity index is 660. The van der Waals surface area contributed by atoms with Crippen LogP contribution < -0.4 is 0 Å². The number of non-ortho nitro benzene ring substituents is 1. The predicted octanol–water partition coefficient (Wildman–Crippen LogP) is 2.71. The van der Waals surface area contributed by atoms with Gasteiger partial charge in [-0.3, -0.25) is 14.9 Å². The molecule has 0 radical (unpaired) electrons. The highest BCUT2D eigenvalue weighted by Crippen LogP contribution is 2.40. The van der Waals surface area contributed by atoms with Gasteiger partial charge in [0.15, 0.2) is 6.29 Å². The Morgan fingerprint density at radius 3 is 2.88 bits per heavy atom. The number of ether oxygens (including phenoxy) is 3. The fraction of sp³-hybridized carbons (Fsp3) is 0.588. The lowest BCUT2D eigenvalue weighted by Gasteiger charge is -2.40. The number of hydrogen-bond acceptors (Lipinski definition) is 6. The second kappa shape index (κ2) is 6.58. The molecule has 2 aliphatic rings. The zero-order valence-corrected chi connectivity index (χ0v) is 13.8. The molecule has 1 saturated carbocycles. The minimum atomic E-state index is -0.732. The Morgan fingerprint density at radius 1 is 1.46 bits per heavy atom. The van der Waals surface area contributed by atoms with Crippen LogP contribution in [0.4, 0.5) is 5.69 Å². The zero-order chi connectivity index (χ0) is 17.3. The summed E-state index contributed by atoms with van der Waals surface area (Å²) < 4.78 is 17.3. The molecule has 24 heavy (non-hydrogen) atoms. The van der Waals surface area contributed by atoms with Gasteiger partial charge in [0, 0.05) is 44.1 Å². The van der Waals surface area contributed by atoms with Gasteiger partial charge >= 0.3 is 0 Å². The minimum Gasteiger partial charge on any atom is -0.382 e. The van der Waals surface area contributed by atoms with Crippen molar-refractivity contribution >= 4 is 11.5 Å². The van der Waals surface area contributed by atoms with Gasteiger partial charge in [0.1, 0.15) is 5.78 Å². The second-order valence-corrected chi connectivity index (χ2v) is 6.69. The molecule has 1 aliphatic carbocycles. The highest BCUT2D eigenvalue weighted by Gasteiger charge is 2.39. The molecular formula is C17H21NO6. The van der Waals surface area contributed by atoms with Gasteiger partial charge < -0.3 is 14.2 Å². The first kappa shape index (κ1) is 17.0. The number of nitro groups is 1. The van der Waals surface area contributed by atoms with E-state index < -0.39 is 16.8 Å². The third-order valence-electron chi connectivity index (χ3n) is 4.52. The summed E-state index contributed by atoms with van der Waals surface area (Å²) >= 11 is 0. The predicted molar refractivity (Wildman–Crippen MR) is 84.6 cm³/mol. The quantitative estimate of drug-likeness (QED) is 0.607. The molecule has 0 aromatic heterocycles. The van der Waals surface area contributed by atoms with Crippen molar-refractivity contribution in [2.75, 3.05) is 13.7 Å². The first-order chi connectivity index (χ1) is 11.4. The van der Waals surface area contributed by atoms with Crippen molar-refractivity contribution in [3.8, 4) is 0 Å². The van der Waals surface area contributed by atoms with Crippen LogP contribution in [0.2, 0.25) is 0 Å². The maximum Gasteiger partial charge on any atom is 0.269 e. The van der Waals surface area contributed by atoms with E-state index in [2.05, 4.69) is 0 Å². The molecule has 3 unspecified atom stereocenters. The van der Waals surface area contributed by atoms with E-state index in [0.717, 1.165) is 5.56 Å². The summed E-state index contributed by atoms with van der Waals surface area (Å²) in [6.07, 6.45) is 1.17. The standard InChI is InChI=1S/C17H21NO6/c1-17(10-22-2)9-11-3-4-12(18(20)21)7-15(11)16(24-17)23-14-6-5-13(19)8-14/h3-4,7,14,16H,5-6,8-10H2,1-2H3. The van der Waals surface area contributed by atoms with E-state index in [-0.39, 0.29) is 17.6 Å². The molecule has 0 N–H and O–H groups in total. The number of hydrogen-bond donors (Lipinski definition) is 0. The largest absolute Gasteiger partial charge is 0.382 e. The van der Waals surface area contributed by atoms with Gasteiger partial charge in [-0.25, -0.2) is 0 Å². The molecule has 3 rings (SSSR count). The lowest BCUT2D eigenvalue weighted by molar-refractivity contribution is -0.385. The van der Waals surface area contributed by atoms with Gasteiger partial charge in [0.2, 0.25) is 0 Å². The van der Waals surface area contributed by atoms with Crippen LogP contribution in [0.5, 0.6) is 0 Å². The molecule has 3 atom stereocenters. The Hall–Kier alpha value is -1.83. The maximum absolute atomic E-state index is 11.5. The number of nitro benzene ring substituents is 1. The Balaban J connectivity index is 1.91. The molecule has 0 bridgehead atoms. The van der Waals surface area contributed by atoms with E-state index in [0.29, 0.717) is 37.9 Å². The molecule has 1 aromatic rings. The smallest absolute Gasteiger partial charge is 0.269 e. The molecule has 7 heteroatoms. The van der Waals surface area contributed by atoms with Gasteiger partial charge in [-0.05, 0) is 18.9 Å². The zero-order valence-electron chi connectivity index (χ0n) is 13.8. The topological polar surface area (TPSA) is 87.9 Å². The van der Waals surface area contributed by atoms with Crippen LogP contribution >= 0.6 is 0 Å². The van der Waals surface area contributed by atoms with E-state index in [1.54, 1.807) is 13.2 Å². The summed E-state index contributed by atoms with van der Waals surface area (Å²) in [4.78, 5) is 22.1. The van der Waals surface area contributed by atoms with Crippen molar-refractivity contribution in [1.82, 2.24) is 0 Å². The van der Waals surface area contributed by atoms with Crippen molar-refractivity contribution in [3.63, 3.8) is 0 Å². The number of carbonyl (C=O) groups excluding carboxylic acids is 1. The summed E-state index contributed by atoms with van der Waals surface area (Å²) in [6.45, 7) is 2.31. The van der Waals surface area contributed by atoms with Crippen LogP contribution in [-0.2, 0) is 25.4 Å². The van der Waals surface area contributed by atoms with Crippen molar-refractivity contribution in [1.29, 1.82) is 0 Å². The first-order valence-corrected chi connectivity index (χ1v) is 8.01. The van der Waals surface area contributed by atoms with Crippen molar-refractivity contribution in [2.45, 2.75) is 50.6 Å². The van der Waals surface area contributed by atoms with Crippen LogP contribution in [0.3, 0.4) is 0 Å². The van der Waals surface area contributed by atoms with E-state index in [4.69, 9.17) is 14.2 Å².